The molecule has 0 rings (SSSR count). The molecule has 0 aliphatic carbocycles. The highest BCUT2D eigenvalue weighted by atomic mass is 28.1. The quantitative estimate of drug-likeness (QED) is 0.484. The summed E-state index contributed by atoms with van der Waals surface area (Å²) in [6, 6.07) is 0. The van der Waals surface area contributed by atoms with Crippen molar-refractivity contribution in [3.05, 3.63) is 0 Å². The van der Waals surface area contributed by atoms with Gasteiger partial charge in [-0.1, -0.05) is 27.7 Å². The van der Waals surface area contributed by atoms with Gasteiger partial charge in [0.25, 0.3) is 0 Å². The average Bonchev–Trinajstić information content (AvgIpc) is 2.01. The Hall–Kier alpha value is 0.0969. The highest BCUT2D eigenvalue weighted by Gasteiger charge is 2.42. The van der Waals surface area contributed by atoms with E-state index in [1.807, 2.05) is 0 Å². The Kier molecular flexibility index (Phi) is 5.29. The van der Waals surface area contributed by atoms with Crippen LogP contribution in [-0.4, -0.2) is 48.1 Å². The molecule has 0 aliphatic rings. The Balaban J connectivity index is 4.94. The van der Waals surface area contributed by atoms with E-state index in [0.29, 0.717) is 0 Å². The van der Waals surface area contributed by atoms with Gasteiger partial charge in [0.1, 0.15) is 5.79 Å². The van der Waals surface area contributed by atoms with Gasteiger partial charge in [-0.15, -0.1) is 0 Å². The highest BCUT2D eigenvalue weighted by molar-refractivity contribution is 6.15. The van der Waals surface area contributed by atoms with Crippen LogP contribution >= 0.6 is 0 Å². The summed E-state index contributed by atoms with van der Waals surface area (Å²) >= 11 is 0. The predicted octanol–water partition coefficient (Wildman–Crippen LogP) is -0.0153. The molecule has 0 aliphatic heterocycles. The molecule has 0 radical (unpaired) electrons. The maximum atomic E-state index is 3.59. The molecule has 0 aromatic heterocycles. The van der Waals surface area contributed by atoms with Crippen LogP contribution < -0.4 is 10.6 Å². The Bertz CT molecular complexity index is 157. The van der Waals surface area contributed by atoms with Gasteiger partial charge < -0.3 is 0 Å². The van der Waals surface area contributed by atoms with Crippen LogP contribution in [0.5, 0.6) is 0 Å². The van der Waals surface area contributed by atoms with Crippen LogP contribution in [0.25, 0.3) is 0 Å². The van der Waals surface area contributed by atoms with Crippen molar-refractivity contribution >= 4 is 10.2 Å². The topological polar surface area (TPSA) is 27.3 Å². The molecule has 2 N–H and O–H groups in total. The van der Waals surface area contributed by atoms with Crippen molar-refractivity contribution in [3.63, 3.8) is 0 Å². The van der Waals surface area contributed by atoms with Gasteiger partial charge in [-0.2, -0.15) is 0 Å². The molecule has 0 saturated carbocycles. The Morgan fingerprint density at radius 3 is 1.57 bits per heavy atom. The summed E-state index contributed by atoms with van der Waals surface area (Å²) in [5.41, 5.74) is 0. The lowest BCUT2D eigenvalue weighted by molar-refractivity contribution is 0.0333. The van der Waals surface area contributed by atoms with Crippen LogP contribution in [0, 0.1) is 0 Å². The second kappa shape index (κ2) is 5.26. The molecule has 0 aromatic rings. The Morgan fingerprint density at radius 2 is 1.43 bits per heavy atom. The minimum absolute atomic E-state index is 0.0667. The summed E-state index contributed by atoms with van der Waals surface area (Å²) in [6.45, 7) is 10.9. The molecule has 0 bridgehead atoms. The van der Waals surface area contributed by atoms with E-state index in [4.69, 9.17) is 0 Å². The third kappa shape index (κ3) is 2.79. The Morgan fingerprint density at radius 1 is 1.07 bits per heavy atom. The Labute approximate surface area is 92.1 Å². The number of nitrogens with one attached hydrogen (secondary N) is 2. The zero-order chi connectivity index (χ0) is 11.4. The van der Waals surface area contributed by atoms with Crippen molar-refractivity contribution in [1.29, 1.82) is 0 Å². The van der Waals surface area contributed by atoms with E-state index < -0.39 is 0 Å². The molecular weight excluding hydrogens is 190 g/mol. The standard InChI is InChI=1S/C10H27N3Si/c1-7-11-10(12-8-2,13(5)6)9(3,4)14/h11-12H,7-8H2,1-6,14H3. The lowest BCUT2D eigenvalue weighted by Crippen LogP contribution is -2.70. The van der Waals surface area contributed by atoms with Crippen LogP contribution in [0.3, 0.4) is 0 Å². The molecule has 0 spiro atoms. The molecule has 0 unspecified atom stereocenters. The smallest absolute Gasteiger partial charge is 0.127 e. The van der Waals surface area contributed by atoms with Crippen LogP contribution in [-0.2, 0) is 0 Å². The second-order valence-electron chi connectivity index (χ2n) is 4.92. The lowest BCUT2D eigenvalue weighted by Gasteiger charge is -2.50. The third-order valence-corrected chi connectivity index (χ3v) is 3.35. The zero-order valence-corrected chi connectivity index (χ0v) is 12.9. The maximum absolute atomic E-state index is 3.59. The molecule has 0 amide bonds. The maximum Gasteiger partial charge on any atom is 0.127 e. The van der Waals surface area contributed by atoms with Gasteiger partial charge >= 0.3 is 0 Å². The first-order valence-corrected chi connectivity index (χ1v) is 6.49. The summed E-state index contributed by atoms with van der Waals surface area (Å²) in [5.74, 6) is -0.0667. The van der Waals surface area contributed by atoms with Crippen molar-refractivity contribution in [3.8, 4) is 0 Å². The van der Waals surface area contributed by atoms with E-state index in [9.17, 15) is 0 Å². The summed E-state index contributed by atoms with van der Waals surface area (Å²) in [4.78, 5) is 2.26. The summed E-state index contributed by atoms with van der Waals surface area (Å²) in [6.07, 6.45) is 0. The van der Waals surface area contributed by atoms with E-state index in [-0.39, 0.29) is 10.8 Å². The minimum atomic E-state index is -0.0667. The summed E-state index contributed by atoms with van der Waals surface area (Å²) < 4.78 is 0. The van der Waals surface area contributed by atoms with Crippen LogP contribution in [0.1, 0.15) is 27.7 Å². The first-order chi connectivity index (χ1) is 6.31. The lowest BCUT2D eigenvalue weighted by atomic mass is 10.0. The van der Waals surface area contributed by atoms with Gasteiger partial charge in [0.15, 0.2) is 0 Å². The summed E-state index contributed by atoms with van der Waals surface area (Å²) in [5, 5.41) is 7.45. The van der Waals surface area contributed by atoms with E-state index >= 15 is 0 Å². The van der Waals surface area contributed by atoms with Gasteiger partial charge in [-0.25, -0.2) is 0 Å². The second-order valence-corrected chi connectivity index (χ2v) is 7.42. The molecule has 0 saturated heterocycles. The third-order valence-electron chi connectivity index (χ3n) is 2.62. The fourth-order valence-corrected chi connectivity index (χ4v) is 2.89. The fraction of sp³-hybridized carbons (Fsp3) is 1.00. The molecule has 0 fully saturated rings. The van der Waals surface area contributed by atoms with Gasteiger partial charge in [-0.05, 0) is 32.2 Å². The number of rotatable bonds is 6. The van der Waals surface area contributed by atoms with Gasteiger partial charge in [0, 0.05) is 10.2 Å². The molecule has 4 heteroatoms. The van der Waals surface area contributed by atoms with Gasteiger partial charge in [0.2, 0.25) is 0 Å². The summed E-state index contributed by atoms with van der Waals surface area (Å²) in [7, 11) is 5.40. The van der Waals surface area contributed by atoms with Gasteiger partial charge in [0.05, 0.1) is 0 Å². The number of hydrogen-bond acceptors (Lipinski definition) is 3. The molecule has 0 atom stereocenters. The van der Waals surface area contributed by atoms with Crippen molar-refractivity contribution in [2.75, 3.05) is 27.2 Å². The molecule has 86 valence electrons. The monoisotopic (exact) mass is 217 g/mol. The van der Waals surface area contributed by atoms with E-state index in [2.05, 4.69) is 57.3 Å². The zero-order valence-electron chi connectivity index (χ0n) is 10.9. The molecular formula is C10H27N3Si. The largest absolute Gasteiger partial charge is 0.287 e. The fourth-order valence-electron chi connectivity index (χ4n) is 2.09. The van der Waals surface area contributed by atoms with E-state index in [1.54, 1.807) is 0 Å². The minimum Gasteiger partial charge on any atom is -0.287 e. The SMILES string of the molecule is CCNC(NCC)(N(C)C)C(C)(C)[SiH3]. The van der Waals surface area contributed by atoms with Crippen LogP contribution in [0.4, 0.5) is 0 Å². The van der Waals surface area contributed by atoms with Crippen LogP contribution in [0.15, 0.2) is 0 Å². The molecule has 0 heterocycles. The molecule has 14 heavy (non-hydrogen) atoms. The number of hydrogen-bond donors (Lipinski definition) is 2. The first kappa shape index (κ1) is 14.1. The molecule has 0 aromatic carbocycles. The first-order valence-electron chi connectivity index (χ1n) is 5.49. The van der Waals surface area contributed by atoms with E-state index in [0.717, 1.165) is 23.3 Å². The average molecular weight is 217 g/mol. The van der Waals surface area contributed by atoms with Crippen molar-refractivity contribution < 1.29 is 0 Å². The van der Waals surface area contributed by atoms with Crippen molar-refractivity contribution in [2.45, 2.75) is 38.5 Å². The predicted molar refractivity (Wildman–Crippen MR) is 67.8 cm³/mol. The van der Waals surface area contributed by atoms with Crippen molar-refractivity contribution in [1.82, 2.24) is 15.5 Å². The highest BCUT2D eigenvalue weighted by Crippen LogP contribution is 2.33. The van der Waals surface area contributed by atoms with Crippen molar-refractivity contribution in [2.24, 2.45) is 0 Å². The number of nitrogens with zero attached hydrogens (tertiary/aromatic N) is 1. The normalized spacial score (nSPS) is 13.9. The molecule has 3 nitrogen and oxygen atoms in total. The van der Waals surface area contributed by atoms with E-state index in [1.165, 1.54) is 0 Å². The van der Waals surface area contributed by atoms with Crippen LogP contribution in [0.2, 0.25) is 5.04 Å². The van der Waals surface area contributed by atoms with Gasteiger partial charge in [-0.3, -0.25) is 15.5 Å².